The monoisotopic (exact) mass is 278 g/mol. The zero-order chi connectivity index (χ0) is 13.6. The lowest BCUT2D eigenvalue weighted by Gasteiger charge is -2.32. The molecule has 0 saturated carbocycles. The van der Waals surface area contributed by atoms with E-state index in [0.717, 1.165) is 6.92 Å². The molecule has 1 atom stereocenters. The van der Waals surface area contributed by atoms with Gasteiger partial charge in [-0.1, -0.05) is 11.6 Å². The van der Waals surface area contributed by atoms with E-state index in [0.29, 0.717) is 0 Å². The Labute approximate surface area is 106 Å². The van der Waals surface area contributed by atoms with Gasteiger partial charge < -0.3 is 5.32 Å². The van der Waals surface area contributed by atoms with Crippen molar-refractivity contribution in [2.75, 3.05) is 11.9 Å². The van der Waals surface area contributed by atoms with E-state index in [4.69, 9.17) is 11.6 Å². The molecule has 2 N–H and O–H groups in total. The van der Waals surface area contributed by atoms with Crippen LogP contribution in [0.5, 0.6) is 0 Å². The Kier molecular flexibility index (Phi) is 3.03. The molecule has 0 spiro atoms. The maximum absolute atomic E-state index is 13.2. The van der Waals surface area contributed by atoms with Crippen LogP contribution in [0.25, 0.3) is 0 Å². The summed E-state index contributed by atoms with van der Waals surface area (Å²) in [5.74, 6) is -0.522. The molecule has 0 radical (unpaired) electrons. The third-order valence-electron chi connectivity index (χ3n) is 2.96. The van der Waals surface area contributed by atoms with Gasteiger partial charge in [-0.15, -0.1) is 0 Å². The molecule has 1 aliphatic rings. The van der Waals surface area contributed by atoms with Gasteiger partial charge >= 0.3 is 6.18 Å². The predicted molar refractivity (Wildman–Crippen MR) is 61.5 cm³/mol. The number of rotatable bonds is 0. The number of fused-ring (bicyclic) bond motifs is 1. The highest BCUT2D eigenvalue weighted by molar-refractivity contribution is 6.30. The molecule has 7 heteroatoms. The van der Waals surface area contributed by atoms with Crippen molar-refractivity contribution in [3.63, 3.8) is 0 Å². The quantitative estimate of drug-likeness (QED) is 0.766. The van der Waals surface area contributed by atoms with Crippen LogP contribution >= 0.6 is 11.6 Å². The smallest absolute Gasteiger partial charge is 0.325 e. The zero-order valence-electron chi connectivity index (χ0n) is 9.36. The van der Waals surface area contributed by atoms with Crippen LogP contribution in [-0.2, 0) is 10.3 Å². The lowest BCUT2D eigenvalue weighted by atomic mass is 9.90. The van der Waals surface area contributed by atoms with Gasteiger partial charge in [0.1, 0.15) is 5.54 Å². The Morgan fingerprint density at radius 1 is 1.39 bits per heavy atom. The van der Waals surface area contributed by atoms with Gasteiger partial charge in [0, 0.05) is 16.3 Å². The predicted octanol–water partition coefficient (Wildman–Crippen LogP) is 2.66. The number of benzene rings is 1. The molecule has 1 unspecified atom stereocenters. The van der Waals surface area contributed by atoms with Gasteiger partial charge in [0.2, 0.25) is 5.91 Å². The number of alkyl halides is 3. The van der Waals surface area contributed by atoms with E-state index in [1.54, 1.807) is 0 Å². The summed E-state index contributed by atoms with van der Waals surface area (Å²) in [4.78, 5) is 11.4. The van der Waals surface area contributed by atoms with Crippen molar-refractivity contribution in [3.05, 3.63) is 28.8 Å². The first-order valence-corrected chi connectivity index (χ1v) is 5.53. The second-order valence-corrected chi connectivity index (χ2v) is 4.65. The molecule has 0 aliphatic carbocycles. The van der Waals surface area contributed by atoms with Gasteiger partial charge in [0.25, 0.3) is 0 Å². The highest BCUT2D eigenvalue weighted by atomic mass is 35.5. The summed E-state index contributed by atoms with van der Waals surface area (Å²) in [7, 11) is 0. The van der Waals surface area contributed by atoms with Crippen LogP contribution in [0.1, 0.15) is 12.5 Å². The summed E-state index contributed by atoms with van der Waals surface area (Å²) >= 11 is 5.74. The SMILES string of the molecule is CC1(C(F)(F)F)NCC(=O)Nc2ccc(Cl)cc21. The molecule has 3 nitrogen and oxygen atoms in total. The average molecular weight is 279 g/mol. The molecule has 18 heavy (non-hydrogen) atoms. The van der Waals surface area contributed by atoms with Crippen molar-refractivity contribution in [1.29, 1.82) is 0 Å². The summed E-state index contributed by atoms with van der Waals surface area (Å²) in [5.41, 5.74) is -2.28. The minimum absolute atomic E-state index is 0.0895. The van der Waals surface area contributed by atoms with E-state index in [1.807, 2.05) is 0 Å². The van der Waals surface area contributed by atoms with E-state index in [2.05, 4.69) is 10.6 Å². The second-order valence-electron chi connectivity index (χ2n) is 4.21. The molecular formula is C11H10ClF3N2O. The molecule has 2 rings (SSSR count). The standard InChI is InChI=1S/C11H10ClF3N2O/c1-10(11(13,14)15)7-4-6(12)2-3-8(7)17-9(18)5-16-10/h2-4,16H,5H2,1H3,(H,17,18). The second kappa shape index (κ2) is 4.13. The average Bonchev–Trinajstić information content (AvgIpc) is 2.38. The number of carbonyl (C=O) groups excluding carboxylic acids is 1. The van der Waals surface area contributed by atoms with Crippen LogP contribution in [0.4, 0.5) is 18.9 Å². The number of carbonyl (C=O) groups is 1. The first-order chi connectivity index (χ1) is 8.24. The fourth-order valence-electron chi connectivity index (χ4n) is 1.84. The molecule has 0 aromatic heterocycles. The highest BCUT2D eigenvalue weighted by Gasteiger charge is 2.54. The molecule has 1 amide bonds. The number of anilines is 1. The number of hydrogen-bond acceptors (Lipinski definition) is 2. The van der Waals surface area contributed by atoms with Crippen LogP contribution < -0.4 is 10.6 Å². The Bertz CT molecular complexity index is 504. The molecule has 0 fully saturated rings. The third-order valence-corrected chi connectivity index (χ3v) is 3.20. The van der Waals surface area contributed by atoms with Crippen molar-refractivity contribution in [2.45, 2.75) is 18.6 Å². The van der Waals surface area contributed by atoms with Crippen LogP contribution in [0, 0.1) is 0 Å². The van der Waals surface area contributed by atoms with Gasteiger partial charge in [-0.05, 0) is 25.1 Å². The number of amides is 1. The van der Waals surface area contributed by atoms with Gasteiger partial charge in [0.05, 0.1) is 6.54 Å². The zero-order valence-corrected chi connectivity index (χ0v) is 10.1. The minimum atomic E-state index is -4.54. The summed E-state index contributed by atoms with van der Waals surface area (Å²) in [6.07, 6.45) is -4.54. The molecule has 1 aromatic carbocycles. The van der Waals surface area contributed by atoms with Crippen LogP contribution in [0.3, 0.4) is 0 Å². The topological polar surface area (TPSA) is 41.1 Å². The van der Waals surface area contributed by atoms with Gasteiger partial charge in [-0.2, -0.15) is 13.2 Å². The molecule has 1 aliphatic heterocycles. The maximum atomic E-state index is 13.2. The van der Waals surface area contributed by atoms with E-state index in [9.17, 15) is 18.0 Å². The highest BCUT2D eigenvalue weighted by Crippen LogP contribution is 2.43. The normalized spacial score (nSPS) is 24.2. The Morgan fingerprint density at radius 2 is 2.06 bits per heavy atom. The van der Waals surface area contributed by atoms with Gasteiger partial charge in [-0.25, -0.2) is 0 Å². The molecular weight excluding hydrogens is 269 g/mol. The first kappa shape index (κ1) is 13.2. The van der Waals surface area contributed by atoms with E-state index in [-0.39, 0.29) is 16.3 Å². The van der Waals surface area contributed by atoms with Crippen LogP contribution in [0.2, 0.25) is 5.02 Å². The molecule has 0 bridgehead atoms. The molecule has 1 heterocycles. The van der Waals surface area contributed by atoms with Crippen molar-refractivity contribution < 1.29 is 18.0 Å². The molecule has 98 valence electrons. The fourth-order valence-corrected chi connectivity index (χ4v) is 2.01. The van der Waals surface area contributed by atoms with Crippen LogP contribution in [0.15, 0.2) is 18.2 Å². The van der Waals surface area contributed by atoms with Crippen molar-refractivity contribution in [1.82, 2.24) is 5.32 Å². The fraction of sp³-hybridized carbons (Fsp3) is 0.364. The van der Waals surface area contributed by atoms with Gasteiger partial charge in [0.15, 0.2) is 0 Å². The van der Waals surface area contributed by atoms with Crippen molar-refractivity contribution in [2.24, 2.45) is 0 Å². The number of nitrogens with one attached hydrogen (secondary N) is 2. The van der Waals surface area contributed by atoms with Crippen molar-refractivity contribution >= 4 is 23.2 Å². The largest absolute Gasteiger partial charge is 0.410 e. The lowest BCUT2D eigenvalue weighted by molar-refractivity contribution is -0.194. The van der Waals surface area contributed by atoms with Crippen LogP contribution in [-0.4, -0.2) is 18.6 Å². The Morgan fingerprint density at radius 3 is 2.67 bits per heavy atom. The van der Waals surface area contributed by atoms with E-state index < -0.39 is 24.2 Å². The summed E-state index contributed by atoms with van der Waals surface area (Å²) in [6, 6.07) is 4.01. The number of hydrogen-bond donors (Lipinski definition) is 2. The summed E-state index contributed by atoms with van der Waals surface area (Å²) in [6.45, 7) is 0.574. The van der Waals surface area contributed by atoms with Crippen molar-refractivity contribution in [3.8, 4) is 0 Å². The lowest BCUT2D eigenvalue weighted by Crippen LogP contribution is -2.52. The third kappa shape index (κ3) is 2.06. The molecule has 1 aromatic rings. The summed E-state index contributed by atoms with van der Waals surface area (Å²) in [5, 5.41) is 4.83. The minimum Gasteiger partial charge on any atom is -0.325 e. The summed E-state index contributed by atoms with van der Waals surface area (Å²) < 4.78 is 39.6. The van der Waals surface area contributed by atoms with Gasteiger partial charge in [-0.3, -0.25) is 10.1 Å². The number of halogens is 4. The molecule has 0 saturated heterocycles. The van der Waals surface area contributed by atoms with E-state index in [1.165, 1.54) is 18.2 Å². The van der Waals surface area contributed by atoms with E-state index >= 15 is 0 Å². The Hall–Kier alpha value is -1.27. The maximum Gasteiger partial charge on any atom is 0.410 e. The first-order valence-electron chi connectivity index (χ1n) is 5.16. The Balaban J connectivity index is 2.65.